The molecule has 1 aromatic heterocycles. The average Bonchev–Trinajstić information content (AvgIpc) is 2.96. The number of rotatable bonds is 11. The SMILES string of the molecule is C=C(/C=C\OC)CC(=O)C[N+]1(CC(=O)Nc2c(C)c[nH]c2C(=O)NC2COC2)CCCCCC1. The van der Waals surface area contributed by atoms with Gasteiger partial charge in [0.1, 0.15) is 12.2 Å². The number of quaternary nitrogens is 1. The van der Waals surface area contributed by atoms with Gasteiger partial charge in [0.2, 0.25) is 0 Å². The molecular formula is C25H37N4O5+. The number of likely N-dealkylation sites (tertiary alicyclic amines) is 1. The first-order chi connectivity index (χ1) is 16.3. The molecule has 0 radical (unpaired) electrons. The van der Waals surface area contributed by atoms with Gasteiger partial charge < -0.3 is 29.6 Å². The van der Waals surface area contributed by atoms with E-state index >= 15 is 0 Å². The van der Waals surface area contributed by atoms with Crippen LogP contribution in [0.25, 0.3) is 0 Å². The van der Waals surface area contributed by atoms with Gasteiger partial charge in [-0.1, -0.05) is 6.58 Å². The molecule has 186 valence electrons. The Hall–Kier alpha value is -2.91. The summed E-state index contributed by atoms with van der Waals surface area (Å²) in [5.74, 6) is -0.411. The number of Topliss-reactive ketones (excluding diaryl/α,β-unsaturated/α-hetero) is 1. The van der Waals surface area contributed by atoms with Gasteiger partial charge in [0, 0.05) is 12.6 Å². The maximum absolute atomic E-state index is 13.2. The Labute approximate surface area is 201 Å². The summed E-state index contributed by atoms with van der Waals surface area (Å²) in [5.41, 5.74) is 2.28. The molecule has 0 bridgehead atoms. The monoisotopic (exact) mass is 473 g/mol. The standard InChI is InChI=1S/C25H36N4O5/c1-18(8-11-33-3)12-21(30)14-29(9-6-4-5-7-10-29)15-22(31)28-23-19(2)13-26-24(23)25(32)27-20-16-34-17-20/h8,11,13,20H,1,4-7,9-10,12,14-17H2,2-3H3,(H2-,26,27,28,31,32)/p+1/b11-8-. The lowest BCUT2D eigenvalue weighted by Gasteiger charge is -2.36. The van der Waals surface area contributed by atoms with Crippen molar-refractivity contribution in [3.63, 3.8) is 0 Å². The zero-order chi connectivity index (χ0) is 24.6. The van der Waals surface area contributed by atoms with E-state index in [0.717, 1.165) is 44.3 Å². The molecule has 2 aliphatic rings. The van der Waals surface area contributed by atoms with E-state index in [9.17, 15) is 14.4 Å². The predicted octanol–water partition coefficient (Wildman–Crippen LogP) is 2.46. The number of carbonyl (C=O) groups is 3. The number of ketones is 1. The van der Waals surface area contributed by atoms with Gasteiger partial charge in [-0.3, -0.25) is 14.4 Å². The van der Waals surface area contributed by atoms with E-state index in [4.69, 9.17) is 9.47 Å². The van der Waals surface area contributed by atoms with Crippen molar-refractivity contribution in [3.8, 4) is 0 Å². The van der Waals surface area contributed by atoms with Crippen molar-refractivity contribution in [2.45, 2.75) is 45.1 Å². The van der Waals surface area contributed by atoms with Crippen molar-refractivity contribution >= 4 is 23.3 Å². The fourth-order valence-corrected chi connectivity index (χ4v) is 4.56. The molecule has 1 aromatic rings. The van der Waals surface area contributed by atoms with Crippen LogP contribution in [0.3, 0.4) is 0 Å². The number of allylic oxidation sites excluding steroid dienone is 2. The Balaban J connectivity index is 1.68. The number of amides is 2. The van der Waals surface area contributed by atoms with Gasteiger partial charge in [-0.2, -0.15) is 0 Å². The Kier molecular flexibility index (Phi) is 9.06. The minimum Gasteiger partial charge on any atom is -0.504 e. The van der Waals surface area contributed by atoms with Gasteiger partial charge in [0.25, 0.3) is 11.8 Å². The molecule has 2 aliphatic heterocycles. The molecule has 0 spiro atoms. The molecule has 0 aliphatic carbocycles. The van der Waals surface area contributed by atoms with Crippen LogP contribution < -0.4 is 10.6 Å². The van der Waals surface area contributed by atoms with E-state index < -0.39 is 0 Å². The molecule has 0 saturated carbocycles. The number of nitrogens with zero attached hydrogens (tertiary/aromatic N) is 1. The molecule has 0 aromatic carbocycles. The number of carbonyl (C=O) groups excluding carboxylic acids is 3. The molecule has 3 N–H and O–H groups in total. The van der Waals surface area contributed by atoms with E-state index in [1.165, 1.54) is 6.26 Å². The third kappa shape index (κ3) is 7.04. The summed E-state index contributed by atoms with van der Waals surface area (Å²) in [6.07, 6.45) is 9.29. The smallest absolute Gasteiger partial charge is 0.279 e. The normalized spacial score (nSPS) is 18.1. The summed E-state index contributed by atoms with van der Waals surface area (Å²) in [4.78, 5) is 41.7. The second-order valence-corrected chi connectivity index (χ2v) is 9.41. The van der Waals surface area contributed by atoms with Gasteiger partial charge in [-0.05, 0) is 49.8 Å². The molecule has 2 fully saturated rings. The highest BCUT2D eigenvalue weighted by Crippen LogP contribution is 2.23. The van der Waals surface area contributed by atoms with Crippen molar-refractivity contribution in [1.82, 2.24) is 10.3 Å². The summed E-state index contributed by atoms with van der Waals surface area (Å²) in [5, 5.41) is 5.85. The fourth-order valence-electron chi connectivity index (χ4n) is 4.56. The zero-order valence-electron chi connectivity index (χ0n) is 20.3. The van der Waals surface area contributed by atoms with Crippen molar-refractivity contribution in [2.24, 2.45) is 0 Å². The van der Waals surface area contributed by atoms with Crippen molar-refractivity contribution < 1.29 is 28.3 Å². The molecule has 9 heteroatoms. The molecule has 2 saturated heterocycles. The van der Waals surface area contributed by atoms with Crippen LogP contribution in [0.5, 0.6) is 0 Å². The molecule has 0 unspecified atom stereocenters. The van der Waals surface area contributed by atoms with Crippen LogP contribution >= 0.6 is 0 Å². The fraction of sp³-hybridized carbons (Fsp3) is 0.560. The third-order valence-electron chi connectivity index (χ3n) is 6.41. The molecule has 3 rings (SSSR count). The first kappa shape index (κ1) is 25.7. The van der Waals surface area contributed by atoms with Gasteiger partial charge in [0.05, 0.1) is 51.4 Å². The van der Waals surface area contributed by atoms with Crippen LogP contribution in [0, 0.1) is 6.92 Å². The Bertz CT molecular complexity index is 924. The summed E-state index contributed by atoms with van der Waals surface area (Å²) in [6, 6.07) is -0.00919. The highest BCUT2D eigenvalue weighted by molar-refractivity contribution is 6.03. The Morgan fingerprint density at radius 3 is 2.53 bits per heavy atom. The minimum atomic E-state index is -0.270. The molecule has 9 nitrogen and oxygen atoms in total. The van der Waals surface area contributed by atoms with Crippen LogP contribution in [0.1, 0.15) is 48.2 Å². The number of hydrogen-bond donors (Lipinski definition) is 3. The zero-order valence-corrected chi connectivity index (χ0v) is 20.3. The molecular weight excluding hydrogens is 436 g/mol. The Morgan fingerprint density at radius 1 is 1.21 bits per heavy atom. The Morgan fingerprint density at radius 2 is 1.91 bits per heavy atom. The van der Waals surface area contributed by atoms with Crippen LogP contribution in [0.4, 0.5) is 5.69 Å². The summed E-state index contributed by atoms with van der Waals surface area (Å²) < 4.78 is 10.4. The first-order valence-electron chi connectivity index (χ1n) is 11.9. The molecule has 3 heterocycles. The van der Waals surface area contributed by atoms with Gasteiger partial charge in [-0.15, -0.1) is 0 Å². The maximum atomic E-state index is 13.2. The van der Waals surface area contributed by atoms with Crippen LogP contribution in [0.2, 0.25) is 0 Å². The van der Waals surface area contributed by atoms with Gasteiger partial charge in [0.15, 0.2) is 12.3 Å². The summed E-state index contributed by atoms with van der Waals surface area (Å²) in [7, 11) is 1.55. The van der Waals surface area contributed by atoms with E-state index in [2.05, 4.69) is 22.2 Å². The second kappa shape index (κ2) is 12.0. The average molecular weight is 474 g/mol. The third-order valence-corrected chi connectivity index (χ3v) is 6.41. The van der Waals surface area contributed by atoms with Crippen molar-refractivity contribution in [1.29, 1.82) is 0 Å². The molecule has 2 amide bonds. The summed E-state index contributed by atoms with van der Waals surface area (Å²) >= 11 is 0. The lowest BCUT2D eigenvalue weighted by molar-refractivity contribution is -0.912. The lowest BCUT2D eigenvalue weighted by atomic mass is 10.1. The minimum absolute atomic E-state index is 0.00919. The number of nitrogens with one attached hydrogen (secondary N) is 3. The first-order valence-corrected chi connectivity index (χ1v) is 11.9. The van der Waals surface area contributed by atoms with E-state index in [0.29, 0.717) is 34.7 Å². The van der Waals surface area contributed by atoms with Crippen molar-refractivity contribution in [3.05, 3.63) is 41.9 Å². The number of anilines is 1. The quantitative estimate of drug-likeness (QED) is 0.260. The van der Waals surface area contributed by atoms with Crippen molar-refractivity contribution in [2.75, 3.05) is 51.8 Å². The van der Waals surface area contributed by atoms with Crippen LogP contribution in [-0.2, 0) is 19.1 Å². The number of hydrogen-bond acceptors (Lipinski definition) is 5. The maximum Gasteiger partial charge on any atom is 0.279 e. The summed E-state index contributed by atoms with van der Waals surface area (Å²) in [6.45, 7) is 8.78. The number of ether oxygens (including phenoxy) is 2. The number of aromatic nitrogens is 1. The highest BCUT2D eigenvalue weighted by atomic mass is 16.5. The number of aromatic amines is 1. The largest absolute Gasteiger partial charge is 0.504 e. The molecule has 0 atom stereocenters. The van der Waals surface area contributed by atoms with Gasteiger partial charge in [-0.25, -0.2) is 0 Å². The highest BCUT2D eigenvalue weighted by Gasteiger charge is 2.34. The lowest BCUT2D eigenvalue weighted by Crippen LogP contribution is -2.55. The van der Waals surface area contributed by atoms with E-state index in [-0.39, 0.29) is 43.1 Å². The van der Waals surface area contributed by atoms with Crippen LogP contribution in [-0.4, -0.2) is 79.6 Å². The van der Waals surface area contributed by atoms with E-state index in [1.807, 2.05) is 6.92 Å². The number of H-pyrrole nitrogens is 1. The second-order valence-electron chi connectivity index (χ2n) is 9.41. The number of methoxy groups -OCH3 is 1. The topological polar surface area (TPSA) is 110 Å². The molecule has 34 heavy (non-hydrogen) atoms. The van der Waals surface area contributed by atoms with Gasteiger partial charge >= 0.3 is 0 Å². The van der Waals surface area contributed by atoms with E-state index in [1.54, 1.807) is 19.4 Å². The number of aryl methyl sites for hydroxylation is 1. The van der Waals surface area contributed by atoms with Crippen LogP contribution in [0.15, 0.2) is 30.7 Å². The predicted molar refractivity (Wildman–Crippen MR) is 129 cm³/mol.